The standard InChI is InChI=1S/C25H24NO3.ClH/c1-3-14-28-21-8-9-22-23(16-21)29-24(25(22)27)15-19-10-12-26(13-11-19)17-20-6-4-18(2)5-7-20;/h4-13,15-16H,3,14,17H2,1-2H3;1H/q+1;/p-1/b24-15-;. The first kappa shape index (κ1) is 21.6. The van der Waals surface area contributed by atoms with Crippen molar-refractivity contribution < 1.29 is 31.2 Å². The number of halogens is 1. The number of ether oxygens (including phenoxy) is 2. The van der Waals surface area contributed by atoms with E-state index in [2.05, 4.69) is 42.7 Å². The largest absolute Gasteiger partial charge is 1.00 e. The number of hydrogen-bond donors (Lipinski definition) is 0. The van der Waals surface area contributed by atoms with Gasteiger partial charge >= 0.3 is 0 Å². The van der Waals surface area contributed by atoms with Crippen LogP contribution in [0.15, 0.2) is 72.8 Å². The second-order valence-electron chi connectivity index (χ2n) is 7.24. The van der Waals surface area contributed by atoms with Crippen molar-refractivity contribution in [2.45, 2.75) is 26.8 Å². The number of aromatic nitrogens is 1. The number of hydrogen-bond acceptors (Lipinski definition) is 3. The predicted molar refractivity (Wildman–Crippen MR) is 112 cm³/mol. The summed E-state index contributed by atoms with van der Waals surface area (Å²) >= 11 is 0. The summed E-state index contributed by atoms with van der Waals surface area (Å²) in [7, 11) is 0. The molecule has 5 heteroatoms. The van der Waals surface area contributed by atoms with E-state index < -0.39 is 0 Å². The number of benzene rings is 2. The van der Waals surface area contributed by atoms with Crippen LogP contribution in [-0.4, -0.2) is 12.4 Å². The van der Waals surface area contributed by atoms with Crippen molar-refractivity contribution in [2.75, 3.05) is 6.61 Å². The van der Waals surface area contributed by atoms with Crippen LogP contribution in [0.3, 0.4) is 0 Å². The summed E-state index contributed by atoms with van der Waals surface area (Å²) in [6, 6.07) is 17.8. The van der Waals surface area contributed by atoms with E-state index in [-0.39, 0.29) is 18.2 Å². The molecule has 1 aliphatic rings. The molecule has 154 valence electrons. The molecule has 1 aliphatic heterocycles. The third-order valence-corrected chi connectivity index (χ3v) is 4.81. The summed E-state index contributed by atoms with van der Waals surface area (Å²) < 4.78 is 13.5. The van der Waals surface area contributed by atoms with Crippen molar-refractivity contribution in [1.82, 2.24) is 0 Å². The molecule has 0 saturated carbocycles. The minimum Gasteiger partial charge on any atom is -1.00 e. The number of carbonyl (C=O) groups is 1. The fourth-order valence-electron chi connectivity index (χ4n) is 3.20. The van der Waals surface area contributed by atoms with Gasteiger partial charge in [0.1, 0.15) is 11.5 Å². The van der Waals surface area contributed by atoms with Crippen LogP contribution in [0.4, 0.5) is 0 Å². The van der Waals surface area contributed by atoms with E-state index >= 15 is 0 Å². The monoisotopic (exact) mass is 421 g/mol. The summed E-state index contributed by atoms with van der Waals surface area (Å²) in [6.45, 7) is 5.59. The van der Waals surface area contributed by atoms with Gasteiger partial charge in [-0.1, -0.05) is 36.8 Å². The lowest BCUT2D eigenvalue weighted by Crippen LogP contribution is -3.00. The fourth-order valence-corrected chi connectivity index (χ4v) is 3.20. The topological polar surface area (TPSA) is 39.4 Å². The molecule has 0 amide bonds. The van der Waals surface area contributed by atoms with Crippen LogP contribution in [0, 0.1) is 6.92 Å². The van der Waals surface area contributed by atoms with Crippen LogP contribution in [0.25, 0.3) is 6.08 Å². The minimum atomic E-state index is -0.0987. The van der Waals surface area contributed by atoms with Gasteiger partial charge in [0, 0.05) is 23.8 Å². The molecule has 0 unspecified atom stereocenters. The maximum Gasteiger partial charge on any atom is 0.231 e. The molecule has 0 fully saturated rings. The smallest absolute Gasteiger partial charge is 0.231 e. The molecule has 0 aliphatic carbocycles. The van der Waals surface area contributed by atoms with Crippen LogP contribution < -0.4 is 26.4 Å². The molecule has 4 nitrogen and oxygen atoms in total. The van der Waals surface area contributed by atoms with Crippen molar-refractivity contribution in [3.63, 3.8) is 0 Å². The SMILES string of the molecule is CCCOc1ccc2c(c1)O/C(=C\c1cc[n+](Cc3ccc(C)cc3)cc1)C2=O.[Cl-]. The molecule has 2 heterocycles. The van der Waals surface area contributed by atoms with E-state index in [9.17, 15) is 4.79 Å². The van der Waals surface area contributed by atoms with E-state index in [1.165, 1.54) is 11.1 Å². The molecule has 0 N–H and O–H groups in total. The molecule has 0 saturated heterocycles. The van der Waals surface area contributed by atoms with Crippen molar-refractivity contribution in [3.8, 4) is 11.5 Å². The number of carbonyl (C=O) groups excluding carboxylic acids is 1. The molecular formula is C25H24ClNO3. The average molecular weight is 422 g/mol. The van der Waals surface area contributed by atoms with Gasteiger partial charge in [-0.25, -0.2) is 4.57 Å². The maximum absolute atomic E-state index is 12.6. The highest BCUT2D eigenvalue weighted by Gasteiger charge is 2.27. The van der Waals surface area contributed by atoms with Crippen LogP contribution in [-0.2, 0) is 6.54 Å². The Morgan fingerprint density at radius 3 is 2.47 bits per heavy atom. The number of Topliss-reactive ketones (excluding diaryl/α,β-unsaturated/α-hetero) is 1. The molecular weight excluding hydrogens is 398 g/mol. The Labute approximate surface area is 183 Å². The van der Waals surface area contributed by atoms with Gasteiger partial charge in [-0.05, 0) is 37.1 Å². The average Bonchev–Trinajstić information content (AvgIpc) is 3.04. The van der Waals surface area contributed by atoms with Crippen molar-refractivity contribution in [3.05, 3.63) is 95.0 Å². The fraction of sp³-hybridized carbons (Fsp3) is 0.200. The van der Waals surface area contributed by atoms with Gasteiger partial charge in [-0.15, -0.1) is 0 Å². The van der Waals surface area contributed by atoms with E-state index in [4.69, 9.17) is 9.47 Å². The second kappa shape index (κ2) is 9.59. The highest BCUT2D eigenvalue weighted by atomic mass is 35.5. The quantitative estimate of drug-likeness (QED) is 0.449. The lowest BCUT2D eigenvalue weighted by Gasteiger charge is -2.05. The van der Waals surface area contributed by atoms with Gasteiger partial charge in [0.25, 0.3) is 0 Å². The Balaban J connectivity index is 0.00000256. The van der Waals surface area contributed by atoms with Gasteiger partial charge in [0.05, 0.1) is 12.2 Å². The van der Waals surface area contributed by atoms with Gasteiger partial charge in [-0.2, -0.15) is 0 Å². The Bertz CT molecular complexity index is 1060. The van der Waals surface area contributed by atoms with Gasteiger partial charge in [0.15, 0.2) is 24.7 Å². The van der Waals surface area contributed by atoms with Crippen LogP contribution in [0.1, 0.15) is 40.4 Å². The van der Waals surface area contributed by atoms with E-state index in [1.54, 1.807) is 18.2 Å². The number of pyridine rings is 1. The molecule has 2 aromatic carbocycles. The molecule has 0 radical (unpaired) electrons. The molecule has 0 atom stereocenters. The van der Waals surface area contributed by atoms with Crippen LogP contribution in [0.5, 0.6) is 11.5 Å². The normalized spacial score (nSPS) is 13.5. The predicted octanol–water partition coefficient (Wildman–Crippen LogP) is 1.74. The summed E-state index contributed by atoms with van der Waals surface area (Å²) in [6.07, 6.45) is 6.73. The molecule has 4 rings (SSSR count). The summed E-state index contributed by atoms with van der Waals surface area (Å²) in [4.78, 5) is 12.6. The highest BCUT2D eigenvalue weighted by molar-refractivity contribution is 6.14. The second-order valence-corrected chi connectivity index (χ2v) is 7.24. The lowest BCUT2D eigenvalue weighted by molar-refractivity contribution is -0.688. The summed E-state index contributed by atoms with van der Waals surface area (Å²) in [5.74, 6) is 1.51. The molecule has 3 aromatic rings. The number of nitrogens with zero attached hydrogens (tertiary/aromatic N) is 1. The third-order valence-electron chi connectivity index (χ3n) is 4.81. The van der Waals surface area contributed by atoms with Crippen LogP contribution >= 0.6 is 0 Å². The highest BCUT2D eigenvalue weighted by Crippen LogP contribution is 2.34. The first-order valence-corrected chi connectivity index (χ1v) is 9.88. The van der Waals surface area contributed by atoms with Crippen molar-refractivity contribution in [1.29, 1.82) is 0 Å². The Hall–Kier alpha value is -3.11. The lowest BCUT2D eigenvalue weighted by atomic mass is 10.1. The van der Waals surface area contributed by atoms with Crippen LogP contribution in [0.2, 0.25) is 0 Å². The van der Waals surface area contributed by atoms with E-state index in [1.807, 2.05) is 30.6 Å². The minimum absolute atomic E-state index is 0. The van der Waals surface area contributed by atoms with Crippen molar-refractivity contribution >= 4 is 11.9 Å². The zero-order valence-electron chi connectivity index (χ0n) is 17.1. The van der Waals surface area contributed by atoms with Gasteiger partial charge < -0.3 is 21.9 Å². The van der Waals surface area contributed by atoms with Gasteiger partial charge in [-0.3, -0.25) is 4.79 Å². The number of ketones is 1. The Morgan fingerprint density at radius 2 is 1.77 bits per heavy atom. The van der Waals surface area contributed by atoms with E-state index in [0.717, 1.165) is 24.3 Å². The van der Waals surface area contributed by atoms with E-state index in [0.29, 0.717) is 23.7 Å². The zero-order chi connectivity index (χ0) is 20.2. The third kappa shape index (κ3) is 4.89. The molecule has 0 spiro atoms. The molecule has 30 heavy (non-hydrogen) atoms. The number of aryl methyl sites for hydroxylation is 1. The van der Waals surface area contributed by atoms with Crippen molar-refractivity contribution in [2.24, 2.45) is 0 Å². The maximum atomic E-state index is 12.6. The molecule has 0 bridgehead atoms. The summed E-state index contributed by atoms with van der Waals surface area (Å²) in [5, 5.41) is 0. The number of rotatable bonds is 6. The Morgan fingerprint density at radius 1 is 1.03 bits per heavy atom. The number of allylic oxidation sites excluding steroid dienone is 1. The summed E-state index contributed by atoms with van der Waals surface area (Å²) in [5.41, 5.74) is 4.00. The first-order valence-electron chi connectivity index (χ1n) is 9.88. The van der Waals surface area contributed by atoms with Gasteiger partial charge in [0.2, 0.25) is 5.78 Å². The zero-order valence-corrected chi connectivity index (χ0v) is 17.9. The number of fused-ring (bicyclic) bond motifs is 1. The first-order chi connectivity index (χ1) is 14.1. The Kier molecular flexibility index (Phi) is 6.91. The molecule has 1 aromatic heterocycles.